The molecule has 0 heterocycles. The Bertz CT molecular complexity index is 416. The van der Waals surface area contributed by atoms with Crippen LogP contribution in [0.4, 0.5) is 13.2 Å². The molecule has 0 aromatic heterocycles. The van der Waals surface area contributed by atoms with Gasteiger partial charge >= 0.3 is 15.5 Å². The molecule has 0 spiro atoms. The van der Waals surface area contributed by atoms with Crippen molar-refractivity contribution in [3.63, 3.8) is 0 Å². The van der Waals surface area contributed by atoms with Crippen LogP contribution in [0.2, 0.25) is 0 Å². The molecule has 0 saturated heterocycles. The smallest absolute Gasteiger partial charge is 0.207 e. The van der Waals surface area contributed by atoms with Gasteiger partial charge < -0.3 is 0 Å². The van der Waals surface area contributed by atoms with E-state index in [-0.39, 0.29) is 6.54 Å². The van der Waals surface area contributed by atoms with Crippen molar-refractivity contribution in [1.29, 1.82) is 0 Å². The topological polar surface area (TPSA) is 46.2 Å². The number of hydrogen-bond acceptors (Lipinski definition) is 2. The second-order valence-electron chi connectivity index (χ2n) is 4.67. The molecule has 2 unspecified atom stereocenters. The van der Waals surface area contributed by atoms with Crippen LogP contribution in [0.15, 0.2) is 12.2 Å². The molecule has 17 heavy (non-hydrogen) atoms. The molecule has 3 nitrogen and oxygen atoms in total. The van der Waals surface area contributed by atoms with Crippen LogP contribution in [0.3, 0.4) is 0 Å². The van der Waals surface area contributed by atoms with Crippen LogP contribution in [0.25, 0.3) is 0 Å². The van der Waals surface area contributed by atoms with Crippen molar-refractivity contribution in [2.24, 2.45) is 17.8 Å². The molecule has 0 amide bonds. The van der Waals surface area contributed by atoms with Crippen LogP contribution in [0.1, 0.15) is 19.3 Å². The fourth-order valence-corrected chi connectivity index (χ4v) is 3.24. The molecule has 2 aliphatic carbocycles. The summed E-state index contributed by atoms with van der Waals surface area (Å²) in [5.41, 5.74) is -5.21. The Hall–Kier alpha value is -0.560. The summed E-state index contributed by atoms with van der Waals surface area (Å²) in [5, 5.41) is 0. The lowest BCUT2D eigenvalue weighted by Gasteiger charge is -2.18. The lowest BCUT2D eigenvalue weighted by molar-refractivity contribution is -0.0448. The third-order valence-electron chi connectivity index (χ3n) is 3.53. The van der Waals surface area contributed by atoms with E-state index in [0.717, 1.165) is 12.8 Å². The lowest BCUT2D eigenvalue weighted by atomic mass is 9.91. The maximum atomic E-state index is 12.0. The molecule has 1 fully saturated rings. The first-order valence-electron chi connectivity index (χ1n) is 5.54. The number of sulfonamides is 1. The van der Waals surface area contributed by atoms with Gasteiger partial charge in [0.2, 0.25) is 0 Å². The Labute approximate surface area is 98.1 Å². The van der Waals surface area contributed by atoms with Gasteiger partial charge in [0.05, 0.1) is 0 Å². The van der Waals surface area contributed by atoms with Gasteiger partial charge in [0.25, 0.3) is 0 Å². The highest BCUT2D eigenvalue weighted by Crippen LogP contribution is 2.44. The molecule has 2 aliphatic rings. The predicted octanol–water partition coefficient (Wildman–Crippen LogP) is 2.03. The van der Waals surface area contributed by atoms with Gasteiger partial charge in [-0.1, -0.05) is 12.2 Å². The zero-order valence-electron chi connectivity index (χ0n) is 9.07. The quantitative estimate of drug-likeness (QED) is 0.794. The summed E-state index contributed by atoms with van der Waals surface area (Å²) in [5.74, 6) is 1.29. The maximum absolute atomic E-state index is 12.0. The van der Waals surface area contributed by atoms with Crippen molar-refractivity contribution < 1.29 is 21.6 Å². The van der Waals surface area contributed by atoms with E-state index in [4.69, 9.17) is 0 Å². The highest BCUT2D eigenvalue weighted by molar-refractivity contribution is 7.90. The second kappa shape index (κ2) is 4.28. The molecule has 98 valence electrons. The van der Waals surface area contributed by atoms with Gasteiger partial charge in [-0.25, -0.2) is 13.1 Å². The average Bonchev–Trinajstić information content (AvgIpc) is 2.76. The van der Waals surface area contributed by atoms with E-state index in [9.17, 15) is 21.6 Å². The number of fused-ring (bicyclic) bond motifs is 2. The number of alkyl halides is 3. The van der Waals surface area contributed by atoms with Crippen molar-refractivity contribution in [2.45, 2.75) is 24.8 Å². The molecular formula is C10H14F3NO2S. The van der Waals surface area contributed by atoms with Gasteiger partial charge in [0.15, 0.2) is 0 Å². The predicted molar refractivity (Wildman–Crippen MR) is 56.4 cm³/mol. The summed E-state index contributed by atoms with van der Waals surface area (Å²) in [6.45, 7) is -0.135. The third kappa shape index (κ3) is 2.65. The van der Waals surface area contributed by atoms with Gasteiger partial charge in [0, 0.05) is 6.54 Å². The molecule has 1 N–H and O–H groups in total. The number of halogens is 3. The van der Waals surface area contributed by atoms with Crippen molar-refractivity contribution in [1.82, 2.24) is 4.72 Å². The van der Waals surface area contributed by atoms with Crippen LogP contribution in [-0.2, 0) is 10.0 Å². The Morgan fingerprint density at radius 2 is 1.94 bits per heavy atom. The summed E-state index contributed by atoms with van der Waals surface area (Å²) in [6.07, 6.45) is 6.74. The molecule has 7 heteroatoms. The summed E-state index contributed by atoms with van der Waals surface area (Å²) in [4.78, 5) is 0. The highest BCUT2D eigenvalue weighted by Gasteiger charge is 2.45. The summed E-state index contributed by atoms with van der Waals surface area (Å²) >= 11 is 0. The zero-order chi connectivity index (χ0) is 12.7. The molecule has 2 bridgehead atoms. The molecule has 3 atom stereocenters. The van der Waals surface area contributed by atoms with Crippen LogP contribution in [0.5, 0.6) is 0 Å². The summed E-state index contributed by atoms with van der Waals surface area (Å²) < 4.78 is 59.1. The first-order valence-corrected chi connectivity index (χ1v) is 7.02. The summed E-state index contributed by atoms with van der Waals surface area (Å²) in [7, 11) is -5.17. The van der Waals surface area contributed by atoms with Crippen molar-refractivity contribution in [2.75, 3.05) is 6.54 Å². The SMILES string of the molecule is O=S(=O)(NCCC1C[C@@H]2C=CC1C2)C(F)(F)F. The maximum Gasteiger partial charge on any atom is 0.511 e. The van der Waals surface area contributed by atoms with Gasteiger partial charge in [-0.15, -0.1) is 0 Å². The van der Waals surface area contributed by atoms with Gasteiger partial charge in [-0.2, -0.15) is 13.2 Å². The first-order chi connectivity index (χ1) is 7.79. The van der Waals surface area contributed by atoms with Gasteiger partial charge in [-0.3, -0.25) is 0 Å². The minimum atomic E-state index is -5.21. The summed E-state index contributed by atoms with van der Waals surface area (Å²) in [6, 6.07) is 0. The monoisotopic (exact) mass is 269 g/mol. The van der Waals surface area contributed by atoms with E-state index >= 15 is 0 Å². The number of allylic oxidation sites excluding steroid dienone is 2. The van der Waals surface area contributed by atoms with E-state index in [1.165, 1.54) is 0 Å². The second-order valence-corrected chi connectivity index (χ2v) is 6.43. The third-order valence-corrected chi connectivity index (χ3v) is 4.72. The standard InChI is InChI=1S/C10H14F3NO2S/c11-10(12,13)17(15,16)14-4-3-9-6-7-1-2-8(9)5-7/h1-2,7-9,14H,3-6H2/t7-,8?,9?/m1/s1. The van der Waals surface area contributed by atoms with Crippen molar-refractivity contribution in [3.8, 4) is 0 Å². The average molecular weight is 269 g/mol. The molecule has 0 aliphatic heterocycles. The van der Waals surface area contributed by atoms with E-state index in [2.05, 4.69) is 12.2 Å². The Kier molecular flexibility index (Phi) is 3.24. The first kappa shape index (κ1) is 12.9. The Balaban J connectivity index is 1.79. The van der Waals surface area contributed by atoms with E-state index < -0.39 is 15.5 Å². The number of rotatable bonds is 4. The highest BCUT2D eigenvalue weighted by atomic mass is 32.2. The molecule has 2 rings (SSSR count). The fourth-order valence-electron chi connectivity index (χ4n) is 2.69. The number of nitrogens with one attached hydrogen (secondary N) is 1. The van der Waals surface area contributed by atoms with Crippen LogP contribution < -0.4 is 4.72 Å². The van der Waals surface area contributed by atoms with Crippen LogP contribution >= 0.6 is 0 Å². The van der Waals surface area contributed by atoms with Gasteiger partial charge in [-0.05, 0) is 37.0 Å². The van der Waals surface area contributed by atoms with Crippen LogP contribution in [-0.4, -0.2) is 20.5 Å². The molecule has 1 saturated carbocycles. The Morgan fingerprint density at radius 1 is 1.24 bits per heavy atom. The van der Waals surface area contributed by atoms with Crippen molar-refractivity contribution in [3.05, 3.63) is 12.2 Å². The minimum absolute atomic E-state index is 0.135. The zero-order valence-corrected chi connectivity index (χ0v) is 9.89. The molecular weight excluding hydrogens is 255 g/mol. The molecule has 0 aromatic carbocycles. The van der Waals surface area contributed by atoms with Crippen molar-refractivity contribution >= 4 is 10.0 Å². The van der Waals surface area contributed by atoms with E-state index in [1.807, 2.05) is 0 Å². The van der Waals surface area contributed by atoms with Crippen LogP contribution in [0, 0.1) is 17.8 Å². The number of hydrogen-bond donors (Lipinski definition) is 1. The van der Waals surface area contributed by atoms with Gasteiger partial charge in [0.1, 0.15) is 0 Å². The molecule has 0 radical (unpaired) electrons. The largest absolute Gasteiger partial charge is 0.511 e. The lowest BCUT2D eigenvalue weighted by Crippen LogP contribution is -2.37. The minimum Gasteiger partial charge on any atom is -0.207 e. The van der Waals surface area contributed by atoms with E-state index in [0.29, 0.717) is 24.2 Å². The van der Waals surface area contributed by atoms with E-state index in [1.54, 1.807) is 4.72 Å². The fraction of sp³-hybridized carbons (Fsp3) is 0.800. The Morgan fingerprint density at radius 3 is 2.41 bits per heavy atom. The molecule has 0 aromatic rings. The normalized spacial score (nSPS) is 32.3.